The van der Waals surface area contributed by atoms with E-state index < -0.39 is 0 Å². The quantitative estimate of drug-likeness (QED) is 0.458. The van der Waals surface area contributed by atoms with Gasteiger partial charge in [-0.3, -0.25) is 4.79 Å². The third-order valence-electron chi connectivity index (χ3n) is 1.29. The van der Waals surface area contributed by atoms with E-state index in [0.29, 0.717) is 5.92 Å². The van der Waals surface area contributed by atoms with Crippen LogP contribution in [-0.4, -0.2) is 10.5 Å². The van der Waals surface area contributed by atoms with E-state index in [4.69, 9.17) is 0 Å². The van der Waals surface area contributed by atoms with E-state index in [1.165, 1.54) is 0 Å². The highest BCUT2D eigenvalue weighted by atomic mass is 127. The number of rotatable bonds is 3. The van der Waals surface area contributed by atoms with Gasteiger partial charge in [-0.05, 0) is 5.92 Å². The second-order valence-corrected chi connectivity index (χ2v) is 3.15. The zero-order chi connectivity index (χ0) is 7.28. The van der Waals surface area contributed by atoms with Crippen LogP contribution in [0.5, 0.6) is 0 Å². The maximum atomic E-state index is 10.3. The minimum absolute atomic E-state index is 0.0351. The van der Waals surface area contributed by atoms with Crippen molar-refractivity contribution in [2.24, 2.45) is 5.92 Å². The molecule has 0 bridgehead atoms. The lowest BCUT2D eigenvalue weighted by Crippen LogP contribution is -2.22. The van der Waals surface area contributed by atoms with Crippen LogP contribution in [0.4, 0.5) is 4.79 Å². The van der Waals surface area contributed by atoms with Crippen molar-refractivity contribution in [3.8, 4) is 0 Å². The molecule has 0 heterocycles. The predicted octanol–water partition coefficient (Wildman–Crippen LogP) is 2.18. The fourth-order valence-electron chi connectivity index (χ4n) is 0.399. The number of hydrogen-bond donors (Lipinski definition) is 1. The van der Waals surface area contributed by atoms with Gasteiger partial charge in [0.15, 0.2) is 0 Å². The van der Waals surface area contributed by atoms with Crippen LogP contribution in [0.1, 0.15) is 20.3 Å². The van der Waals surface area contributed by atoms with Gasteiger partial charge in [-0.15, -0.1) is 0 Å². The van der Waals surface area contributed by atoms with Gasteiger partial charge in [0.2, 0.25) is 0 Å². The van der Waals surface area contributed by atoms with E-state index in [1.54, 1.807) is 22.6 Å². The minimum Gasteiger partial charge on any atom is -0.347 e. The van der Waals surface area contributed by atoms with Crippen molar-refractivity contribution in [2.45, 2.75) is 20.3 Å². The molecule has 0 radical (unpaired) electrons. The molecule has 0 aromatic rings. The Labute approximate surface area is 69.5 Å². The highest BCUT2D eigenvalue weighted by molar-refractivity contribution is 14.1. The molecule has 0 aliphatic heterocycles. The number of halogens is 1. The summed E-state index contributed by atoms with van der Waals surface area (Å²) in [5, 5.41) is 2.74. The smallest absolute Gasteiger partial charge is 0.280 e. The van der Waals surface area contributed by atoms with Crippen LogP contribution in [0, 0.1) is 5.92 Å². The highest BCUT2D eigenvalue weighted by Gasteiger charge is 1.98. The standard InChI is InChI=1S/C6H12INO/c1-3-5(2)4-8-6(7)9/h5H,3-4H2,1-2H3,(H,8,9). The SMILES string of the molecule is CCC(C)CNC(=O)I. The molecule has 0 rings (SSSR count). The maximum Gasteiger partial charge on any atom is 0.280 e. The van der Waals surface area contributed by atoms with Gasteiger partial charge < -0.3 is 5.32 Å². The van der Waals surface area contributed by atoms with E-state index in [2.05, 4.69) is 19.2 Å². The number of carbonyl (C=O) groups is 1. The van der Waals surface area contributed by atoms with Gasteiger partial charge >= 0.3 is 0 Å². The third kappa shape index (κ3) is 6.08. The van der Waals surface area contributed by atoms with Gasteiger partial charge in [0.05, 0.1) is 0 Å². The molecule has 0 saturated carbocycles. The Bertz CT molecular complexity index is 95.1. The monoisotopic (exact) mass is 241 g/mol. The molecule has 54 valence electrons. The van der Waals surface area contributed by atoms with Crippen molar-refractivity contribution in [2.75, 3.05) is 6.54 Å². The van der Waals surface area contributed by atoms with Crippen LogP contribution >= 0.6 is 22.6 Å². The second-order valence-electron chi connectivity index (χ2n) is 2.17. The lowest BCUT2D eigenvalue weighted by atomic mass is 10.1. The van der Waals surface area contributed by atoms with E-state index in [9.17, 15) is 4.79 Å². The van der Waals surface area contributed by atoms with Crippen molar-refractivity contribution < 1.29 is 4.79 Å². The molecule has 0 fully saturated rings. The fraction of sp³-hybridized carbons (Fsp3) is 0.833. The Balaban J connectivity index is 3.16. The predicted molar refractivity (Wildman–Crippen MR) is 46.9 cm³/mol. The molecule has 2 nitrogen and oxygen atoms in total. The summed E-state index contributed by atoms with van der Waals surface area (Å²) in [7, 11) is 0. The van der Waals surface area contributed by atoms with Crippen molar-refractivity contribution in [3.05, 3.63) is 0 Å². The Morgan fingerprint density at radius 1 is 1.78 bits per heavy atom. The first kappa shape index (κ1) is 9.20. The van der Waals surface area contributed by atoms with Crippen LogP contribution in [0.2, 0.25) is 0 Å². The molecule has 0 aliphatic carbocycles. The molecule has 0 spiro atoms. The number of carbonyl (C=O) groups excluding carboxylic acids is 1. The van der Waals surface area contributed by atoms with Crippen molar-refractivity contribution in [3.63, 3.8) is 0 Å². The summed E-state index contributed by atoms with van der Waals surface area (Å²) in [5.41, 5.74) is 0. The van der Waals surface area contributed by atoms with Crippen LogP contribution < -0.4 is 5.32 Å². The van der Waals surface area contributed by atoms with E-state index in [-0.39, 0.29) is 3.91 Å². The van der Waals surface area contributed by atoms with Gasteiger partial charge in [0, 0.05) is 29.1 Å². The van der Waals surface area contributed by atoms with Gasteiger partial charge in [0.1, 0.15) is 0 Å². The van der Waals surface area contributed by atoms with Gasteiger partial charge in [-0.25, -0.2) is 0 Å². The summed E-state index contributed by atoms with van der Waals surface area (Å²) in [5.74, 6) is 0.601. The Kier molecular flexibility index (Phi) is 5.13. The molecule has 1 amide bonds. The molecule has 0 aromatic carbocycles. The first-order valence-electron chi connectivity index (χ1n) is 3.10. The summed E-state index contributed by atoms with van der Waals surface area (Å²) in [6.07, 6.45) is 1.12. The van der Waals surface area contributed by atoms with Crippen molar-refractivity contribution >= 4 is 26.5 Å². The first-order chi connectivity index (χ1) is 4.16. The minimum atomic E-state index is 0.0351. The lowest BCUT2D eigenvalue weighted by molar-refractivity contribution is 0.261. The van der Waals surface area contributed by atoms with Crippen LogP contribution in [0.15, 0.2) is 0 Å². The average Bonchev–Trinajstić information content (AvgIpc) is 1.83. The zero-order valence-electron chi connectivity index (χ0n) is 5.78. The molecule has 3 heteroatoms. The topological polar surface area (TPSA) is 29.1 Å². The highest BCUT2D eigenvalue weighted by Crippen LogP contribution is 1.97. The molecular weight excluding hydrogens is 229 g/mol. The zero-order valence-corrected chi connectivity index (χ0v) is 7.94. The van der Waals surface area contributed by atoms with Gasteiger partial charge in [-0.1, -0.05) is 20.3 Å². The summed E-state index contributed by atoms with van der Waals surface area (Å²) < 4.78 is 0.0351. The molecule has 1 atom stereocenters. The molecule has 0 aromatic heterocycles. The maximum absolute atomic E-state index is 10.3. The molecule has 1 N–H and O–H groups in total. The third-order valence-corrected chi connectivity index (χ3v) is 1.67. The van der Waals surface area contributed by atoms with Crippen LogP contribution in [0.3, 0.4) is 0 Å². The Morgan fingerprint density at radius 3 is 2.67 bits per heavy atom. The van der Waals surface area contributed by atoms with Crippen molar-refractivity contribution in [1.82, 2.24) is 5.32 Å². The molecule has 1 unspecified atom stereocenters. The summed E-state index contributed by atoms with van der Waals surface area (Å²) >= 11 is 1.74. The largest absolute Gasteiger partial charge is 0.347 e. The Morgan fingerprint density at radius 2 is 2.33 bits per heavy atom. The number of hydrogen-bond acceptors (Lipinski definition) is 1. The average molecular weight is 241 g/mol. The van der Waals surface area contributed by atoms with E-state index in [0.717, 1.165) is 13.0 Å². The normalized spacial score (nSPS) is 12.8. The van der Waals surface area contributed by atoms with Crippen LogP contribution in [0.25, 0.3) is 0 Å². The molecule has 0 aliphatic rings. The number of amides is 1. The first-order valence-corrected chi connectivity index (χ1v) is 4.18. The molecule has 0 saturated heterocycles. The Hall–Kier alpha value is 0.200. The van der Waals surface area contributed by atoms with E-state index >= 15 is 0 Å². The summed E-state index contributed by atoms with van der Waals surface area (Å²) in [6, 6.07) is 0. The van der Waals surface area contributed by atoms with Gasteiger partial charge in [0.25, 0.3) is 3.91 Å². The molecular formula is C6H12INO. The van der Waals surface area contributed by atoms with E-state index in [1.807, 2.05) is 0 Å². The number of nitrogens with one attached hydrogen (secondary N) is 1. The van der Waals surface area contributed by atoms with Crippen molar-refractivity contribution in [1.29, 1.82) is 0 Å². The molecule has 9 heavy (non-hydrogen) atoms. The lowest BCUT2D eigenvalue weighted by Gasteiger charge is -2.06. The fourth-order valence-corrected chi connectivity index (χ4v) is 0.619. The summed E-state index contributed by atoms with van der Waals surface area (Å²) in [6.45, 7) is 5.04. The van der Waals surface area contributed by atoms with Crippen LogP contribution in [-0.2, 0) is 0 Å². The summed E-state index contributed by atoms with van der Waals surface area (Å²) in [4.78, 5) is 10.3. The van der Waals surface area contributed by atoms with Gasteiger partial charge in [-0.2, -0.15) is 0 Å². The second kappa shape index (κ2) is 5.02.